The SMILES string of the molecule is Fc1c(F)c(F)c([B-](c2c(F)c(F)c(F)c(F)c2F)(c2c(F)c(F)c(F)c(F)c2F)c2c(F)c(F)c(F)c(F)c2F)c(F)c1F.N#CCC(=O)c1c[n+](CC(=O)c2ccccc2)ccn1. The Hall–Kier alpha value is -7.33. The molecule has 0 bridgehead atoms. The van der Waals surface area contributed by atoms with Gasteiger partial charge in [-0.3, -0.25) is 9.59 Å². The molecule has 65 heavy (non-hydrogen) atoms. The Morgan fingerprint density at radius 2 is 0.754 bits per heavy atom. The highest BCUT2D eigenvalue weighted by Gasteiger charge is 2.52. The minimum absolute atomic E-state index is 0.0551. The van der Waals surface area contributed by atoms with Gasteiger partial charge in [-0.25, -0.2) is 92.8 Å². The maximum atomic E-state index is 15.4. The maximum absolute atomic E-state index is 15.4. The van der Waals surface area contributed by atoms with Gasteiger partial charge >= 0.3 is 0 Å². The molecule has 5 aromatic carbocycles. The van der Waals surface area contributed by atoms with Crippen molar-refractivity contribution in [3.63, 3.8) is 0 Å². The Morgan fingerprint density at radius 1 is 0.462 bits per heavy atom. The van der Waals surface area contributed by atoms with Crippen molar-refractivity contribution in [1.29, 1.82) is 5.26 Å². The van der Waals surface area contributed by atoms with E-state index in [0.29, 0.717) is 5.56 Å². The number of Topliss-reactive ketones (excluding diaryl/α,β-unsaturated/α-hetero) is 2. The molecule has 0 unspecified atom stereocenters. The molecule has 0 saturated carbocycles. The first-order valence-corrected chi connectivity index (χ1v) is 17.0. The van der Waals surface area contributed by atoms with Crippen LogP contribution in [0.1, 0.15) is 27.3 Å². The largest absolute Gasteiger partial charge is 0.291 e. The summed E-state index contributed by atoms with van der Waals surface area (Å²) in [6.07, 6.45) is -2.89. The third kappa shape index (κ3) is 7.98. The number of aromatic nitrogens is 2. The summed E-state index contributed by atoms with van der Waals surface area (Å²) >= 11 is 0. The lowest BCUT2D eigenvalue weighted by Crippen LogP contribution is -2.81. The molecule has 0 amide bonds. The van der Waals surface area contributed by atoms with Crippen LogP contribution in [0.3, 0.4) is 0 Å². The fourth-order valence-corrected chi connectivity index (χ4v) is 6.59. The van der Waals surface area contributed by atoms with Gasteiger partial charge in [-0.1, -0.05) is 30.3 Å². The second kappa shape index (κ2) is 18.4. The number of benzene rings is 5. The van der Waals surface area contributed by atoms with E-state index in [1.165, 1.54) is 12.4 Å². The van der Waals surface area contributed by atoms with Gasteiger partial charge in [0.1, 0.15) is 59.1 Å². The van der Waals surface area contributed by atoms with Gasteiger partial charge in [-0.15, -0.1) is 21.9 Å². The molecule has 6 rings (SSSR count). The van der Waals surface area contributed by atoms with Crippen molar-refractivity contribution in [2.45, 2.75) is 13.0 Å². The molecule has 0 aliphatic rings. The van der Waals surface area contributed by atoms with E-state index in [4.69, 9.17) is 5.26 Å². The molecule has 0 fully saturated rings. The van der Waals surface area contributed by atoms with Crippen molar-refractivity contribution >= 4 is 39.6 Å². The molecule has 0 N–H and O–H groups in total. The van der Waals surface area contributed by atoms with Crippen molar-refractivity contribution in [2.75, 3.05) is 0 Å². The number of hydrogen-bond donors (Lipinski definition) is 0. The molecule has 6 aromatic rings. The van der Waals surface area contributed by atoms with Crippen LogP contribution >= 0.6 is 0 Å². The fourth-order valence-electron chi connectivity index (χ4n) is 6.59. The third-order valence-electron chi connectivity index (χ3n) is 9.41. The number of ketones is 2. The van der Waals surface area contributed by atoms with E-state index in [-0.39, 0.29) is 30.2 Å². The van der Waals surface area contributed by atoms with Crippen LogP contribution in [0.15, 0.2) is 48.9 Å². The second-order valence-corrected chi connectivity index (χ2v) is 13.0. The van der Waals surface area contributed by atoms with Crippen LogP contribution < -0.4 is 26.4 Å². The van der Waals surface area contributed by atoms with Gasteiger partial charge in [0, 0.05) is 5.56 Å². The normalized spacial score (nSPS) is 11.3. The predicted molar refractivity (Wildman–Crippen MR) is 179 cm³/mol. The van der Waals surface area contributed by atoms with Gasteiger partial charge in [0.15, 0.2) is 87.9 Å². The molecule has 338 valence electrons. The van der Waals surface area contributed by atoms with Gasteiger partial charge < -0.3 is 0 Å². The number of rotatable bonds is 9. The number of carbonyl (C=O) groups excluding carboxylic acids is 2. The summed E-state index contributed by atoms with van der Waals surface area (Å²) in [4.78, 5) is 27.5. The summed E-state index contributed by atoms with van der Waals surface area (Å²) in [5.74, 6) is -71.8. The van der Waals surface area contributed by atoms with Gasteiger partial charge in [-0.05, 0) is 0 Å². The van der Waals surface area contributed by atoms with Crippen LogP contribution in [0.2, 0.25) is 0 Å². The van der Waals surface area contributed by atoms with E-state index in [9.17, 15) is 62.3 Å². The zero-order valence-corrected chi connectivity index (χ0v) is 30.8. The van der Waals surface area contributed by atoms with Crippen LogP contribution in [0.5, 0.6) is 0 Å². The quantitative estimate of drug-likeness (QED) is 0.0385. The Bertz CT molecular complexity index is 2620. The molecule has 0 aliphatic carbocycles. The van der Waals surface area contributed by atoms with Crippen molar-refractivity contribution in [3.05, 3.63) is 177 Å². The highest BCUT2D eigenvalue weighted by molar-refractivity contribution is 7.20. The molecule has 0 spiro atoms. The molecule has 1 aromatic heterocycles. The molecule has 1 heterocycles. The van der Waals surface area contributed by atoms with Gasteiger partial charge in [-0.2, -0.15) is 9.83 Å². The summed E-state index contributed by atoms with van der Waals surface area (Å²) in [6, 6.07) is 10.7. The average Bonchev–Trinajstić information content (AvgIpc) is 3.29. The van der Waals surface area contributed by atoms with Crippen LogP contribution in [-0.2, 0) is 6.54 Å². The van der Waals surface area contributed by atoms with E-state index in [1.807, 2.05) is 6.07 Å². The summed E-state index contributed by atoms with van der Waals surface area (Å²) in [5, 5.41) is 8.50. The lowest BCUT2D eigenvalue weighted by molar-refractivity contribution is -0.683. The number of hydrogen-bond acceptors (Lipinski definition) is 4. The summed E-state index contributed by atoms with van der Waals surface area (Å²) < 4.78 is 296. The minimum Gasteiger partial charge on any atom is -0.291 e. The molecule has 5 nitrogen and oxygen atoms in total. The van der Waals surface area contributed by atoms with Crippen molar-refractivity contribution in [2.24, 2.45) is 0 Å². The number of carbonyl (C=O) groups is 2. The third-order valence-corrected chi connectivity index (χ3v) is 9.41. The zero-order valence-electron chi connectivity index (χ0n) is 30.8. The lowest BCUT2D eigenvalue weighted by Gasteiger charge is -2.44. The van der Waals surface area contributed by atoms with Crippen LogP contribution in [0.4, 0.5) is 87.8 Å². The molecular formula is C39H12BF20N3O2. The van der Waals surface area contributed by atoms with Crippen LogP contribution in [0.25, 0.3) is 0 Å². The Morgan fingerprint density at radius 3 is 1.05 bits per heavy atom. The molecule has 0 radical (unpaired) electrons. The van der Waals surface area contributed by atoms with Crippen molar-refractivity contribution in [3.8, 4) is 6.07 Å². The second-order valence-electron chi connectivity index (χ2n) is 13.0. The lowest BCUT2D eigenvalue weighted by atomic mass is 9.12. The van der Waals surface area contributed by atoms with Crippen molar-refractivity contribution in [1.82, 2.24) is 4.98 Å². The monoisotopic (exact) mass is 945 g/mol. The Labute approximate surface area is 347 Å². The van der Waals surface area contributed by atoms with E-state index < -0.39 is 144 Å². The molecule has 26 heteroatoms. The van der Waals surface area contributed by atoms with Gasteiger partial charge in [0.05, 0.1) is 12.3 Å². The highest BCUT2D eigenvalue weighted by atomic mass is 19.2. The minimum atomic E-state index is -7.22. The molecule has 0 saturated heterocycles. The first-order valence-electron chi connectivity index (χ1n) is 17.0. The van der Waals surface area contributed by atoms with E-state index in [0.717, 1.165) is 0 Å². The number of nitrogens with zero attached hydrogens (tertiary/aromatic N) is 3. The first-order chi connectivity index (χ1) is 30.4. The van der Waals surface area contributed by atoms with Crippen molar-refractivity contribution < 1.29 is 102 Å². The van der Waals surface area contributed by atoms with E-state index in [2.05, 4.69) is 4.98 Å². The highest BCUT2D eigenvalue weighted by Crippen LogP contribution is 2.30. The van der Waals surface area contributed by atoms with Crippen LogP contribution in [-0.4, -0.2) is 22.7 Å². The summed E-state index contributed by atoms with van der Waals surface area (Å²) in [5.41, 5.74) is -13.5. The molecular weight excluding hydrogens is 933 g/mol. The summed E-state index contributed by atoms with van der Waals surface area (Å²) in [6.45, 7) is 0.124. The van der Waals surface area contributed by atoms with E-state index >= 15 is 35.1 Å². The molecule has 0 atom stereocenters. The Balaban J connectivity index is 0.000000330. The van der Waals surface area contributed by atoms with Crippen LogP contribution in [0, 0.1) is 128 Å². The molecule has 0 aliphatic heterocycles. The average molecular weight is 945 g/mol. The maximum Gasteiger partial charge on any atom is 0.227 e. The smallest absolute Gasteiger partial charge is 0.227 e. The zero-order chi connectivity index (χ0) is 48.7. The topological polar surface area (TPSA) is 74.7 Å². The fraction of sp³-hybridized carbons (Fsp3) is 0.0513. The number of nitriles is 1. The van der Waals surface area contributed by atoms with Gasteiger partial charge in [0.2, 0.25) is 18.1 Å². The predicted octanol–water partition coefficient (Wildman–Crippen LogP) is 7.19. The Kier molecular flexibility index (Phi) is 13.8. The first kappa shape index (κ1) is 48.7. The number of halogens is 20. The van der Waals surface area contributed by atoms with Gasteiger partial charge in [0.25, 0.3) is 0 Å². The standard InChI is InChI=1S/C24BF20.C15H12N3O2/c26-5-1(6(27)14(35)21(42)13(5)34)25(2-7(28)15(36)22(43)16(37)8(2)29,3-9(30)17(38)23(44)18(39)10(3)31)4-11(32)19(40)24(45)20(41)12(4)33;16-7-6-14(19)13-10-18(9-8-17-13)11-15(20)12-4-2-1-3-5-12/h;1-5,8-10H,6,11H2/q-1;+1. The van der Waals surface area contributed by atoms with E-state index in [1.54, 1.807) is 41.1 Å². The summed E-state index contributed by atoms with van der Waals surface area (Å²) in [7, 11) is 0.